The smallest absolute Gasteiger partial charge is 0.465 e. The number of esters is 1. The molecule has 0 spiro atoms. The molecule has 0 amide bonds. The third-order valence-corrected chi connectivity index (χ3v) is 2.38. The Balaban J connectivity index is 0.00000196. The molecule has 0 aromatic heterocycles. The Labute approximate surface area is 111 Å². The maximum absolute atomic E-state index is 11.4. The zero-order chi connectivity index (χ0) is 10.7. The van der Waals surface area contributed by atoms with Gasteiger partial charge in [0, 0.05) is 6.42 Å². The van der Waals surface area contributed by atoms with Gasteiger partial charge in [-0.2, -0.15) is 0 Å². The molecule has 15 heavy (non-hydrogen) atoms. The predicted octanol–water partition coefficient (Wildman–Crippen LogP) is -2.26. The number of rotatable bonds is 2. The zero-order valence-electron chi connectivity index (χ0n) is 9.41. The van der Waals surface area contributed by atoms with Crippen LogP contribution in [0.1, 0.15) is 26.7 Å². The molecule has 1 aliphatic carbocycles. The van der Waals surface area contributed by atoms with Crippen molar-refractivity contribution in [1.29, 1.82) is 0 Å². The molecule has 78 valence electrons. The monoisotopic (exact) mass is 221 g/mol. The van der Waals surface area contributed by atoms with Crippen LogP contribution in [0.15, 0.2) is 0 Å². The van der Waals surface area contributed by atoms with Gasteiger partial charge in [0.25, 0.3) is 0 Å². The second kappa shape index (κ2) is 6.40. The van der Waals surface area contributed by atoms with Crippen LogP contribution < -0.4 is 29.6 Å². The molecule has 0 radical (unpaired) electrons. The van der Waals surface area contributed by atoms with E-state index in [-0.39, 0.29) is 60.1 Å². The zero-order valence-corrected chi connectivity index (χ0v) is 11.4. The number of carbonyl (C=O) groups excluding carboxylic acids is 3. The Morgan fingerprint density at radius 1 is 1.47 bits per heavy atom. The van der Waals surface area contributed by atoms with E-state index in [4.69, 9.17) is 4.74 Å². The van der Waals surface area contributed by atoms with Gasteiger partial charge >= 0.3 is 35.5 Å². The van der Waals surface area contributed by atoms with Crippen molar-refractivity contribution in [2.45, 2.75) is 26.7 Å². The maximum atomic E-state index is 11.4. The van der Waals surface area contributed by atoms with Crippen molar-refractivity contribution in [2.75, 3.05) is 6.61 Å². The SMILES string of the molecule is CCOC(=O)C1C(=O)CC(=O)CC1C.[Na+]. The molecule has 2 atom stereocenters. The fraction of sp³-hybridized carbons (Fsp3) is 0.700. The number of ether oxygens (including phenoxy) is 1. The molecule has 2 unspecified atom stereocenters. The molecule has 0 saturated heterocycles. The number of hydrogen-bond donors (Lipinski definition) is 0. The van der Waals surface area contributed by atoms with Gasteiger partial charge in [-0.15, -0.1) is 0 Å². The van der Waals surface area contributed by atoms with Gasteiger partial charge in [0.15, 0.2) is 5.78 Å². The first kappa shape index (κ1) is 14.8. The van der Waals surface area contributed by atoms with E-state index >= 15 is 0 Å². The minimum absolute atomic E-state index is 0. The van der Waals surface area contributed by atoms with E-state index in [1.54, 1.807) is 13.8 Å². The molecule has 1 aliphatic rings. The van der Waals surface area contributed by atoms with Gasteiger partial charge in [-0.05, 0) is 12.8 Å². The Hall–Kier alpha value is -0.190. The average molecular weight is 221 g/mol. The van der Waals surface area contributed by atoms with Crippen LogP contribution >= 0.6 is 0 Å². The molecule has 1 saturated carbocycles. The minimum atomic E-state index is -0.729. The number of hydrogen-bond acceptors (Lipinski definition) is 4. The van der Waals surface area contributed by atoms with E-state index in [0.717, 1.165) is 0 Å². The first-order valence-electron chi connectivity index (χ1n) is 4.77. The molecule has 1 rings (SSSR count). The van der Waals surface area contributed by atoms with Gasteiger partial charge < -0.3 is 4.74 Å². The Bertz CT molecular complexity index is 275. The number of ketones is 2. The molecule has 0 aromatic rings. The largest absolute Gasteiger partial charge is 1.00 e. The summed E-state index contributed by atoms with van der Waals surface area (Å²) in [5, 5.41) is 0. The van der Waals surface area contributed by atoms with E-state index in [1.165, 1.54) is 0 Å². The summed E-state index contributed by atoms with van der Waals surface area (Å²) < 4.78 is 4.79. The second-order valence-electron chi connectivity index (χ2n) is 3.59. The first-order valence-corrected chi connectivity index (χ1v) is 4.77. The summed E-state index contributed by atoms with van der Waals surface area (Å²) in [7, 11) is 0. The fourth-order valence-electron chi connectivity index (χ4n) is 1.77. The molecule has 0 heterocycles. The van der Waals surface area contributed by atoms with E-state index in [2.05, 4.69) is 0 Å². The molecule has 0 aliphatic heterocycles. The minimum Gasteiger partial charge on any atom is -0.465 e. The molecular weight excluding hydrogens is 207 g/mol. The third kappa shape index (κ3) is 3.70. The van der Waals surface area contributed by atoms with Gasteiger partial charge in [-0.25, -0.2) is 0 Å². The molecule has 5 heteroatoms. The van der Waals surface area contributed by atoms with E-state index in [9.17, 15) is 14.4 Å². The number of carbonyl (C=O) groups is 3. The Morgan fingerprint density at radius 3 is 2.53 bits per heavy atom. The van der Waals surface area contributed by atoms with Gasteiger partial charge in [0.1, 0.15) is 11.7 Å². The van der Waals surface area contributed by atoms with Crippen LogP contribution in [0, 0.1) is 11.8 Å². The van der Waals surface area contributed by atoms with Gasteiger partial charge in [-0.3, -0.25) is 14.4 Å². The molecule has 4 nitrogen and oxygen atoms in total. The van der Waals surface area contributed by atoms with Crippen LogP contribution in [0.5, 0.6) is 0 Å². The summed E-state index contributed by atoms with van der Waals surface area (Å²) in [6.07, 6.45) is 0.184. The van der Waals surface area contributed by atoms with Gasteiger partial charge in [0.2, 0.25) is 0 Å². The van der Waals surface area contributed by atoms with Crippen LogP contribution in [-0.2, 0) is 19.1 Å². The van der Waals surface area contributed by atoms with Crippen molar-refractivity contribution in [1.82, 2.24) is 0 Å². The van der Waals surface area contributed by atoms with Gasteiger partial charge in [-0.1, -0.05) is 6.92 Å². The van der Waals surface area contributed by atoms with Gasteiger partial charge in [0.05, 0.1) is 13.0 Å². The standard InChI is InChI=1S/C10H14O4.Na/c1-3-14-10(13)9-6(2)4-7(11)5-8(9)12;/h6,9H,3-5H2,1-2H3;/q;+1. The average Bonchev–Trinajstić information content (AvgIpc) is 2.01. The van der Waals surface area contributed by atoms with Crippen LogP contribution in [0.3, 0.4) is 0 Å². The third-order valence-electron chi connectivity index (χ3n) is 2.38. The second-order valence-corrected chi connectivity index (χ2v) is 3.59. The molecule has 0 aromatic carbocycles. The van der Waals surface area contributed by atoms with Crippen molar-refractivity contribution < 1.29 is 48.7 Å². The van der Waals surface area contributed by atoms with Crippen LogP contribution in [0.2, 0.25) is 0 Å². The summed E-state index contributed by atoms with van der Waals surface area (Å²) in [5.74, 6) is -1.82. The molecule has 1 fully saturated rings. The van der Waals surface area contributed by atoms with E-state index in [1.807, 2.05) is 0 Å². The van der Waals surface area contributed by atoms with E-state index < -0.39 is 11.9 Å². The topological polar surface area (TPSA) is 60.4 Å². The van der Waals surface area contributed by atoms with Crippen molar-refractivity contribution in [2.24, 2.45) is 11.8 Å². The summed E-state index contributed by atoms with van der Waals surface area (Å²) in [5.41, 5.74) is 0. The van der Waals surface area contributed by atoms with Crippen molar-refractivity contribution in [3.8, 4) is 0 Å². The summed E-state index contributed by atoms with van der Waals surface area (Å²) in [6, 6.07) is 0. The normalized spacial score (nSPS) is 25.7. The van der Waals surface area contributed by atoms with Crippen molar-refractivity contribution >= 4 is 17.5 Å². The molecule has 0 bridgehead atoms. The van der Waals surface area contributed by atoms with Crippen molar-refractivity contribution in [3.63, 3.8) is 0 Å². The summed E-state index contributed by atoms with van der Waals surface area (Å²) in [6.45, 7) is 3.70. The first-order chi connectivity index (χ1) is 6.56. The summed E-state index contributed by atoms with van der Waals surface area (Å²) in [4.78, 5) is 33.8. The molecule has 0 N–H and O–H groups in total. The fourth-order valence-corrected chi connectivity index (χ4v) is 1.77. The quantitative estimate of drug-likeness (QED) is 0.300. The predicted molar refractivity (Wildman–Crippen MR) is 48.5 cm³/mol. The summed E-state index contributed by atoms with van der Waals surface area (Å²) >= 11 is 0. The molecular formula is C10H14NaO4+. The number of Topliss-reactive ketones (excluding diaryl/α,β-unsaturated/α-hetero) is 2. The Kier molecular flexibility index (Phi) is 6.32. The van der Waals surface area contributed by atoms with E-state index in [0.29, 0.717) is 6.42 Å². The maximum Gasteiger partial charge on any atom is 1.00 e. The van der Waals surface area contributed by atoms with Crippen LogP contribution in [0.25, 0.3) is 0 Å². The van der Waals surface area contributed by atoms with Crippen LogP contribution in [0.4, 0.5) is 0 Å². The Morgan fingerprint density at radius 2 is 2.07 bits per heavy atom. The van der Waals surface area contributed by atoms with Crippen LogP contribution in [-0.4, -0.2) is 24.1 Å². The van der Waals surface area contributed by atoms with Crippen molar-refractivity contribution in [3.05, 3.63) is 0 Å².